The monoisotopic (exact) mass is 563 g/mol. The molecule has 2 aliphatic rings. The molecule has 0 unspecified atom stereocenters. The summed E-state index contributed by atoms with van der Waals surface area (Å²) < 4.78 is 32.8. The van der Waals surface area contributed by atoms with E-state index in [9.17, 15) is 28.8 Å². The minimum atomic E-state index is -1.41. The van der Waals surface area contributed by atoms with Crippen molar-refractivity contribution in [2.24, 2.45) is 0 Å². The van der Waals surface area contributed by atoms with E-state index in [1.807, 2.05) is 0 Å². The molecule has 40 heavy (non-hydrogen) atoms. The van der Waals surface area contributed by atoms with E-state index in [0.717, 1.165) is 18.7 Å². The first-order chi connectivity index (χ1) is 19.0. The van der Waals surface area contributed by atoms with E-state index in [4.69, 9.17) is 23.7 Å². The fraction of sp³-hybridized carbons (Fsp3) is 0.556. The first-order valence-electron chi connectivity index (χ1n) is 12.8. The summed E-state index contributed by atoms with van der Waals surface area (Å²) >= 11 is 0. The Kier molecular flexibility index (Phi) is 10.7. The van der Waals surface area contributed by atoms with Gasteiger partial charge in [-0.3, -0.25) is 33.7 Å². The Morgan fingerprint density at radius 1 is 0.850 bits per heavy atom. The third-order valence-corrected chi connectivity index (χ3v) is 6.33. The lowest BCUT2D eigenvalue weighted by Gasteiger charge is -2.47. The van der Waals surface area contributed by atoms with Gasteiger partial charge in [0.05, 0.1) is 18.2 Å². The highest BCUT2D eigenvalue weighted by Crippen LogP contribution is 2.35. The first kappa shape index (κ1) is 30.7. The van der Waals surface area contributed by atoms with Gasteiger partial charge in [-0.1, -0.05) is 18.6 Å². The predicted octanol–water partition coefficient (Wildman–Crippen LogP) is 1.55. The van der Waals surface area contributed by atoms with Gasteiger partial charge in [-0.15, -0.1) is 0 Å². The van der Waals surface area contributed by atoms with Crippen LogP contribution in [-0.4, -0.2) is 91.6 Å². The summed E-state index contributed by atoms with van der Waals surface area (Å²) in [6, 6.07) is 4.83. The molecular weight excluding hydrogens is 530 g/mol. The Morgan fingerprint density at radius 3 is 2.00 bits per heavy atom. The second-order valence-corrected chi connectivity index (χ2v) is 9.27. The normalized spacial score (nSPS) is 23.8. The molecule has 1 aromatic rings. The number of rotatable bonds is 12. The molecular formula is C27H33NO12. The smallest absolute Gasteiger partial charge is 0.305 e. The Labute approximate surface area is 230 Å². The minimum Gasteiger partial charge on any atom is -0.469 e. The van der Waals surface area contributed by atoms with Crippen LogP contribution in [0.25, 0.3) is 0 Å². The number of carbonyl (C=O) groups excluding carboxylic acids is 6. The summed E-state index contributed by atoms with van der Waals surface area (Å²) in [6.07, 6.45) is -3.42. The van der Waals surface area contributed by atoms with Crippen LogP contribution < -0.4 is 0 Å². The zero-order valence-corrected chi connectivity index (χ0v) is 22.8. The van der Waals surface area contributed by atoms with E-state index in [0.29, 0.717) is 19.3 Å². The van der Waals surface area contributed by atoms with Gasteiger partial charge < -0.3 is 28.4 Å². The molecule has 2 heterocycles. The van der Waals surface area contributed by atoms with Crippen LogP contribution in [0.4, 0.5) is 0 Å². The number of imide groups is 1. The lowest BCUT2D eigenvalue weighted by atomic mass is 9.94. The van der Waals surface area contributed by atoms with Crippen molar-refractivity contribution in [2.45, 2.75) is 77.1 Å². The molecule has 2 amide bonds. The Bertz CT molecular complexity index is 1100. The number of nitrogens with zero attached hydrogens (tertiary/aromatic N) is 1. The minimum absolute atomic E-state index is 0.0802. The molecule has 5 atom stereocenters. The zero-order valence-electron chi connectivity index (χ0n) is 22.8. The largest absolute Gasteiger partial charge is 0.469 e. The number of esters is 4. The maximum absolute atomic E-state index is 13.4. The number of ether oxygens (including phenoxy) is 6. The van der Waals surface area contributed by atoms with Crippen LogP contribution in [-0.2, 0) is 47.6 Å². The number of methoxy groups -OCH3 is 1. The quantitative estimate of drug-likeness (QED) is 0.156. The van der Waals surface area contributed by atoms with Crippen LogP contribution >= 0.6 is 0 Å². The van der Waals surface area contributed by atoms with Crippen LogP contribution in [0.3, 0.4) is 0 Å². The topological polar surface area (TPSA) is 161 Å². The summed E-state index contributed by atoms with van der Waals surface area (Å²) in [6.45, 7) is 3.12. The van der Waals surface area contributed by atoms with Crippen molar-refractivity contribution in [2.75, 3.05) is 20.3 Å². The van der Waals surface area contributed by atoms with E-state index in [-0.39, 0.29) is 30.1 Å². The van der Waals surface area contributed by atoms with Crippen LogP contribution in [0.5, 0.6) is 0 Å². The number of hydrogen-bond acceptors (Lipinski definition) is 12. The molecule has 0 aromatic heterocycles. The average molecular weight is 564 g/mol. The van der Waals surface area contributed by atoms with Gasteiger partial charge in [0.1, 0.15) is 18.8 Å². The highest BCUT2D eigenvalue weighted by molar-refractivity contribution is 6.21. The standard InChI is InChI=1S/C27H33NO12/c1-15(29)37-14-20-23(38-16(2)30)24(39-17(3)31)22(27(40-20)36-13-9-5-6-12-21(32)35-4)28-25(33)18-10-7-8-11-19(18)26(28)34/h7-8,10-11,20,22-24,27H,5-6,9,12-14H2,1-4H3/t20-,22+,23-,24-,27+/m1/s1. The van der Waals surface area contributed by atoms with E-state index in [2.05, 4.69) is 4.74 Å². The van der Waals surface area contributed by atoms with Gasteiger partial charge in [0.2, 0.25) is 0 Å². The van der Waals surface area contributed by atoms with Crippen LogP contribution in [0.15, 0.2) is 24.3 Å². The predicted molar refractivity (Wildman–Crippen MR) is 134 cm³/mol. The van der Waals surface area contributed by atoms with Gasteiger partial charge >= 0.3 is 23.9 Å². The molecule has 13 nitrogen and oxygen atoms in total. The second kappa shape index (κ2) is 14.0. The summed E-state index contributed by atoms with van der Waals surface area (Å²) in [5.41, 5.74) is 0.281. The fourth-order valence-corrected chi connectivity index (χ4v) is 4.62. The van der Waals surface area contributed by atoms with Gasteiger partial charge in [-0.25, -0.2) is 0 Å². The first-order valence-corrected chi connectivity index (χ1v) is 12.8. The lowest BCUT2D eigenvalue weighted by Crippen LogP contribution is -2.67. The van der Waals surface area contributed by atoms with Gasteiger partial charge in [-0.2, -0.15) is 0 Å². The molecule has 1 aromatic carbocycles. The van der Waals surface area contributed by atoms with Crippen molar-refractivity contribution in [3.8, 4) is 0 Å². The number of unbranched alkanes of at least 4 members (excludes halogenated alkanes) is 2. The number of fused-ring (bicyclic) bond motifs is 1. The highest BCUT2D eigenvalue weighted by atomic mass is 16.7. The van der Waals surface area contributed by atoms with Crippen molar-refractivity contribution >= 4 is 35.7 Å². The molecule has 218 valence electrons. The van der Waals surface area contributed by atoms with E-state index in [1.165, 1.54) is 26.2 Å². The van der Waals surface area contributed by atoms with Crippen molar-refractivity contribution in [1.82, 2.24) is 4.90 Å². The van der Waals surface area contributed by atoms with E-state index < -0.39 is 67.0 Å². The summed E-state index contributed by atoms with van der Waals surface area (Å²) in [7, 11) is 1.31. The van der Waals surface area contributed by atoms with Crippen LogP contribution in [0.2, 0.25) is 0 Å². The molecule has 3 rings (SSSR count). The lowest BCUT2D eigenvalue weighted by molar-refractivity contribution is -0.286. The van der Waals surface area contributed by atoms with E-state index >= 15 is 0 Å². The Balaban J connectivity index is 1.94. The van der Waals surface area contributed by atoms with Crippen molar-refractivity contribution in [3.05, 3.63) is 35.4 Å². The highest BCUT2D eigenvalue weighted by Gasteiger charge is 2.57. The van der Waals surface area contributed by atoms with Crippen molar-refractivity contribution < 1.29 is 57.2 Å². The van der Waals surface area contributed by atoms with Gasteiger partial charge in [0, 0.05) is 33.8 Å². The van der Waals surface area contributed by atoms with Gasteiger partial charge in [0.25, 0.3) is 11.8 Å². The van der Waals surface area contributed by atoms with Crippen LogP contribution in [0.1, 0.15) is 67.2 Å². The van der Waals surface area contributed by atoms with Crippen molar-refractivity contribution in [1.29, 1.82) is 0 Å². The maximum atomic E-state index is 13.4. The number of amides is 2. The Morgan fingerprint density at radius 2 is 1.45 bits per heavy atom. The molecule has 13 heteroatoms. The summed E-state index contributed by atoms with van der Waals surface area (Å²) in [4.78, 5) is 75.0. The van der Waals surface area contributed by atoms with Crippen LogP contribution in [0, 0.1) is 0 Å². The maximum Gasteiger partial charge on any atom is 0.305 e. The molecule has 0 radical (unpaired) electrons. The SMILES string of the molecule is COC(=O)CCCCCO[C@H]1O[C@H](COC(C)=O)[C@@H](OC(C)=O)[C@H](OC(C)=O)[C@@H]1N1C(=O)c2ccccc2C1=O. The van der Waals surface area contributed by atoms with Gasteiger partial charge in [-0.05, 0) is 25.0 Å². The molecule has 0 saturated carbocycles. The Hall–Kier alpha value is -3.84. The molecule has 2 aliphatic heterocycles. The second-order valence-electron chi connectivity index (χ2n) is 9.27. The number of hydrogen-bond donors (Lipinski definition) is 0. The fourth-order valence-electron chi connectivity index (χ4n) is 4.62. The molecule has 0 N–H and O–H groups in total. The molecule has 0 bridgehead atoms. The summed E-state index contributed by atoms with van der Waals surface area (Å²) in [5, 5.41) is 0. The summed E-state index contributed by atoms with van der Waals surface area (Å²) in [5.74, 6) is -3.85. The van der Waals surface area contributed by atoms with Gasteiger partial charge in [0.15, 0.2) is 18.5 Å². The molecule has 1 fully saturated rings. The molecule has 0 spiro atoms. The average Bonchev–Trinajstić information content (AvgIpc) is 3.15. The zero-order chi connectivity index (χ0) is 29.4. The third kappa shape index (κ3) is 7.42. The molecule has 1 saturated heterocycles. The van der Waals surface area contributed by atoms with Crippen molar-refractivity contribution in [3.63, 3.8) is 0 Å². The third-order valence-electron chi connectivity index (χ3n) is 6.33. The number of carbonyl (C=O) groups is 6. The molecule has 0 aliphatic carbocycles. The van der Waals surface area contributed by atoms with E-state index in [1.54, 1.807) is 12.1 Å². The number of benzene rings is 1.